The van der Waals surface area contributed by atoms with Gasteiger partial charge in [-0.1, -0.05) is 29.8 Å². The topological polar surface area (TPSA) is 48.3 Å². The minimum atomic E-state index is -0.684. The lowest BCUT2D eigenvalue weighted by Crippen LogP contribution is -2.30. The third-order valence-corrected chi connectivity index (χ3v) is 3.91. The van der Waals surface area contributed by atoms with Crippen LogP contribution < -0.4 is 5.56 Å². The fraction of sp³-hybridized carbons (Fsp3) is 0.286. The lowest BCUT2D eigenvalue weighted by Gasteiger charge is -2.20. The molecule has 1 aliphatic heterocycles. The van der Waals surface area contributed by atoms with Crippen molar-refractivity contribution < 1.29 is 9.53 Å². The fourth-order valence-corrected chi connectivity index (χ4v) is 2.98. The van der Waals surface area contributed by atoms with E-state index in [-0.39, 0.29) is 16.1 Å². The van der Waals surface area contributed by atoms with Crippen LogP contribution in [0.15, 0.2) is 23.0 Å². The van der Waals surface area contributed by atoms with Crippen LogP contribution in [0.3, 0.4) is 0 Å². The van der Waals surface area contributed by atoms with E-state index in [4.69, 9.17) is 11.6 Å². The molecule has 2 aromatic rings. The molecule has 0 fully saturated rings. The molecule has 0 atom stereocenters. The Kier molecular flexibility index (Phi) is 2.82. The molecule has 0 saturated carbocycles. The highest BCUT2D eigenvalue weighted by Crippen LogP contribution is 2.30. The van der Waals surface area contributed by atoms with Crippen molar-refractivity contribution in [2.24, 2.45) is 0 Å². The Balaban J connectivity index is 2.50. The van der Waals surface area contributed by atoms with Gasteiger partial charge in [0, 0.05) is 11.9 Å². The number of halogens is 1. The van der Waals surface area contributed by atoms with Gasteiger partial charge in [0.1, 0.15) is 5.56 Å². The van der Waals surface area contributed by atoms with E-state index < -0.39 is 5.97 Å². The number of nitrogens with zero attached hydrogens (tertiary/aromatic N) is 1. The standard InChI is InChI=1S/C14H12ClNO3/c1-19-14(18)10-11(15)9-6-2-4-8-5-3-7-16(12(8)9)13(10)17/h2,4,6H,3,5,7H2,1H3. The van der Waals surface area contributed by atoms with Gasteiger partial charge >= 0.3 is 5.97 Å². The molecule has 0 amide bonds. The Hall–Kier alpha value is -1.81. The summed E-state index contributed by atoms with van der Waals surface area (Å²) >= 11 is 6.23. The second-order valence-corrected chi connectivity index (χ2v) is 4.93. The van der Waals surface area contributed by atoms with Gasteiger partial charge in [-0.05, 0) is 18.4 Å². The quantitative estimate of drug-likeness (QED) is 0.752. The first kappa shape index (κ1) is 12.2. The van der Waals surface area contributed by atoms with Crippen molar-refractivity contribution in [3.8, 4) is 0 Å². The van der Waals surface area contributed by atoms with Crippen LogP contribution in [-0.4, -0.2) is 17.6 Å². The fourth-order valence-electron chi connectivity index (χ4n) is 2.67. The molecule has 4 nitrogen and oxygen atoms in total. The zero-order valence-electron chi connectivity index (χ0n) is 10.4. The van der Waals surface area contributed by atoms with Gasteiger partial charge in [0.05, 0.1) is 17.6 Å². The third kappa shape index (κ3) is 1.67. The number of aromatic nitrogens is 1. The van der Waals surface area contributed by atoms with Crippen LogP contribution in [0.5, 0.6) is 0 Å². The molecule has 0 aliphatic carbocycles. The van der Waals surface area contributed by atoms with E-state index >= 15 is 0 Å². The maximum atomic E-state index is 12.4. The summed E-state index contributed by atoms with van der Waals surface area (Å²) < 4.78 is 6.29. The van der Waals surface area contributed by atoms with Gasteiger partial charge in [0.2, 0.25) is 0 Å². The first-order valence-electron chi connectivity index (χ1n) is 6.07. The summed E-state index contributed by atoms with van der Waals surface area (Å²) in [7, 11) is 1.24. The minimum Gasteiger partial charge on any atom is -0.465 e. The summed E-state index contributed by atoms with van der Waals surface area (Å²) in [5.74, 6) is -0.684. The smallest absolute Gasteiger partial charge is 0.345 e. The Morgan fingerprint density at radius 1 is 1.42 bits per heavy atom. The Morgan fingerprint density at radius 2 is 2.21 bits per heavy atom. The van der Waals surface area contributed by atoms with Crippen LogP contribution >= 0.6 is 11.6 Å². The second kappa shape index (κ2) is 4.38. The Morgan fingerprint density at radius 3 is 2.95 bits per heavy atom. The van der Waals surface area contributed by atoms with Crippen molar-refractivity contribution in [1.29, 1.82) is 0 Å². The molecule has 0 spiro atoms. The molecule has 0 bridgehead atoms. The molecule has 5 heteroatoms. The normalized spacial score (nSPS) is 13.6. The van der Waals surface area contributed by atoms with Crippen molar-refractivity contribution in [3.63, 3.8) is 0 Å². The van der Waals surface area contributed by atoms with Gasteiger partial charge in [-0.3, -0.25) is 4.79 Å². The lowest BCUT2D eigenvalue weighted by molar-refractivity contribution is 0.0598. The van der Waals surface area contributed by atoms with Crippen LogP contribution in [0.25, 0.3) is 10.9 Å². The number of pyridine rings is 1. The van der Waals surface area contributed by atoms with E-state index in [0.717, 1.165) is 29.3 Å². The predicted molar refractivity (Wildman–Crippen MR) is 72.9 cm³/mol. The number of esters is 1. The summed E-state index contributed by atoms with van der Waals surface area (Å²) in [6.07, 6.45) is 1.80. The number of ether oxygens (including phenoxy) is 1. The van der Waals surface area contributed by atoms with E-state index in [1.165, 1.54) is 7.11 Å². The molecule has 0 N–H and O–H groups in total. The van der Waals surface area contributed by atoms with E-state index in [2.05, 4.69) is 4.74 Å². The van der Waals surface area contributed by atoms with Crippen LogP contribution in [0.4, 0.5) is 0 Å². The second-order valence-electron chi connectivity index (χ2n) is 4.55. The zero-order valence-corrected chi connectivity index (χ0v) is 11.2. The summed E-state index contributed by atoms with van der Waals surface area (Å²) in [5.41, 5.74) is 1.50. The van der Waals surface area contributed by atoms with Crippen molar-refractivity contribution in [2.75, 3.05) is 7.11 Å². The van der Waals surface area contributed by atoms with E-state index in [1.807, 2.05) is 18.2 Å². The highest BCUT2D eigenvalue weighted by molar-refractivity contribution is 6.38. The van der Waals surface area contributed by atoms with Crippen molar-refractivity contribution >= 4 is 28.5 Å². The minimum absolute atomic E-state index is 0.0734. The van der Waals surface area contributed by atoms with E-state index in [9.17, 15) is 9.59 Å². The first-order chi connectivity index (χ1) is 9.15. The third-order valence-electron chi connectivity index (χ3n) is 3.52. The summed E-state index contributed by atoms with van der Waals surface area (Å²) in [6.45, 7) is 0.605. The number of methoxy groups -OCH3 is 1. The monoisotopic (exact) mass is 277 g/mol. The molecule has 1 aromatic carbocycles. The molecule has 1 aromatic heterocycles. The van der Waals surface area contributed by atoms with Crippen LogP contribution in [0.1, 0.15) is 22.3 Å². The van der Waals surface area contributed by atoms with Crippen LogP contribution in [0.2, 0.25) is 5.02 Å². The van der Waals surface area contributed by atoms with Crippen molar-refractivity contribution in [2.45, 2.75) is 19.4 Å². The van der Waals surface area contributed by atoms with Crippen LogP contribution in [0, 0.1) is 0 Å². The van der Waals surface area contributed by atoms with Gasteiger partial charge in [-0.25, -0.2) is 4.79 Å². The van der Waals surface area contributed by atoms with Gasteiger partial charge < -0.3 is 9.30 Å². The number of rotatable bonds is 1. The molecule has 3 rings (SSSR count). The number of carbonyl (C=O) groups excluding carboxylic acids is 1. The molecule has 19 heavy (non-hydrogen) atoms. The molecule has 2 heterocycles. The molecular formula is C14H12ClNO3. The molecule has 1 aliphatic rings. The zero-order chi connectivity index (χ0) is 13.6. The number of benzene rings is 1. The van der Waals surface area contributed by atoms with Gasteiger partial charge in [-0.15, -0.1) is 0 Å². The molecule has 98 valence electrons. The average molecular weight is 278 g/mol. The summed E-state index contributed by atoms with van der Waals surface area (Å²) in [6, 6.07) is 5.71. The first-order valence-corrected chi connectivity index (χ1v) is 6.45. The maximum absolute atomic E-state index is 12.4. The van der Waals surface area contributed by atoms with Gasteiger partial charge in [-0.2, -0.15) is 0 Å². The molecular weight excluding hydrogens is 266 g/mol. The SMILES string of the molecule is COC(=O)c1c(Cl)c2cccc3c2n(c1=O)CCC3. The Bertz CT molecular complexity index is 748. The molecule has 0 saturated heterocycles. The van der Waals surface area contributed by atoms with E-state index in [1.54, 1.807) is 4.57 Å². The number of hydrogen-bond acceptors (Lipinski definition) is 3. The highest BCUT2D eigenvalue weighted by atomic mass is 35.5. The number of aryl methyl sites for hydroxylation is 2. The van der Waals surface area contributed by atoms with Crippen molar-refractivity contribution in [1.82, 2.24) is 4.57 Å². The van der Waals surface area contributed by atoms with E-state index in [0.29, 0.717) is 6.54 Å². The number of hydrogen-bond donors (Lipinski definition) is 0. The van der Waals surface area contributed by atoms with Gasteiger partial charge in [0.15, 0.2) is 0 Å². The Labute approximate surface area is 114 Å². The maximum Gasteiger partial charge on any atom is 0.345 e. The van der Waals surface area contributed by atoms with Crippen molar-refractivity contribution in [3.05, 3.63) is 44.7 Å². The summed E-state index contributed by atoms with van der Waals surface area (Å²) in [5, 5.41) is 0.922. The molecule has 0 unspecified atom stereocenters. The van der Waals surface area contributed by atoms with Crippen LogP contribution in [-0.2, 0) is 17.7 Å². The molecule has 0 radical (unpaired) electrons. The highest BCUT2D eigenvalue weighted by Gasteiger charge is 2.24. The number of carbonyl (C=O) groups is 1. The number of para-hydroxylation sites is 1. The van der Waals surface area contributed by atoms with Gasteiger partial charge in [0.25, 0.3) is 5.56 Å². The summed E-state index contributed by atoms with van der Waals surface area (Å²) in [4.78, 5) is 24.1. The largest absolute Gasteiger partial charge is 0.465 e. The predicted octanol–water partition coefficient (Wildman–Crippen LogP) is 2.39. The lowest BCUT2D eigenvalue weighted by atomic mass is 10.00. The average Bonchev–Trinajstić information content (AvgIpc) is 2.44.